The molecule has 17 heavy (non-hydrogen) atoms. The first-order chi connectivity index (χ1) is 7.99. The zero-order chi connectivity index (χ0) is 13.3. The van der Waals surface area contributed by atoms with Crippen molar-refractivity contribution >= 4 is 11.9 Å². The van der Waals surface area contributed by atoms with Gasteiger partial charge < -0.3 is 20.4 Å². The predicted octanol–water partition coefficient (Wildman–Crippen LogP) is 0.258. The van der Waals surface area contributed by atoms with Crippen molar-refractivity contribution in [3.8, 4) is 0 Å². The lowest BCUT2D eigenvalue weighted by Gasteiger charge is -2.03. The van der Waals surface area contributed by atoms with Crippen LogP contribution in [0.25, 0.3) is 0 Å². The minimum absolute atomic E-state index is 0.153. The largest absolute Gasteiger partial charge is 0.481 e. The van der Waals surface area contributed by atoms with Gasteiger partial charge in [0.2, 0.25) is 0 Å². The van der Waals surface area contributed by atoms with E-state index >= 15 is 0 Å². The van der Waals surface area contributed by atoms with Crippen LogP contribution in [-0.4, -0.2) is 39.0 Å². The average Bonchev–Trinajstić information content (AvgIpc) is 2.29. The van der Waals surface area contributed by atoms with E-state index in [-0.39, 0.29) is 13.0 Å². The zero-order valence-electron chi connectivity index (χ0n) is 8.98. The fraction of sp³-hybridized carbons (Fsp3) is 0.273. The van der Waals surface area contributed by atoms with Crippen LogP contribution in [0.4, 0.5) is 0 Å². The molecule has 6 nitrogen and oxygen atoms in total. The molecule has 1 rings (SSSR count). The molecule has 1 aromatic rings. The summed E-state index contributed by atoms with van der Waals surface area (Å²) in [5.41, 5.74) is 0.403. The third-order valence-electron chi connectivity index (χ3n) is 1.67. The molecule has 6 heteroatoms. The Balaban J connectivity index is 0.000000366. The molecule has 0 saturated heterocycles. The van der Waals surface area contributed by atoms with E-state index in [1.54, 1.807) is 30.3 Å². The smallest absolute Gasteiger partial charge is 0.337 e. The SMILES string of the molecule is O=C(O)C(O)c1ccccc1.O=C(O)CCO. The number of benzene rings is 1. The van der Waals surface area contributed by atoms with Gasteiger partial charge in [0, 0.05) is 0 Å². The maximum absolute atomic E-state index is 10.2. The topological polar surface area (TPSA) is 115 Å². The third-order valence-corrected chi connectivity index (χ3v) is 1.67. The Morgan fingerprint density at radius 1 is 1.12 bits per heavy atom. The third kappa shape index (κ3) is 7.04. The van der Waals surface area contributed by atoms with Crippen LogP contribution in [0, 0.1) is 0 Å². The molecule has 0 bridgehead atoms. The number of rotatable bonds is 4. The van der Waals surface area contributed by atoms with Crippen molar-refractivity contribution in [1.29, 1.82) is 0 Å². The van der Waals surface area contributed by atoms with Crippen molar-refractivity contribution < 1.29 is 30.0 Å². The summed E-state index contributed by atoms with van der Waals surface area (Å²) >= 11 is 0. The van der Waals surface area contributed by atoms with Gasteiger partial charge in [-0.15, -0.1) is 0 Å². The summed E-state index contributed by atoms with van der Waals surface area (Å²) in [7, 11) is 0. The highest BCUT2D eigenvalue weighted by molar-refractivity contribution is 5.73. The predicted molar refractivity (Wildman–Crippen MR) is 58.4 cm³/mol. The quantitative estimate of drug-likeness (QED) is 0.602. The maximum atomic E-state index is 10.2. The van der Waals surface area contributed by atoms with E-state index in [0.717, 1.165) is 0 Å². The molecule has 0 saturated carbocycles. The second-order valence-corrected chi connectivity index (χ2v) is 3.02. The molecule has 4 N–H and O–H groups in total. The Labute approximate surface area is 97.8 Å². The van der Waals surface area contributed by atoms with Gasteiger partial charge in [0.15, 0.2) is 6.10 Å². The lowest BCUT2D eigenvalue weighted by Crippen LogP contribution is -2.09. The molecule has 1 unspecified atom stereocenters. The standard InChI is InChI=1S/C8H8O3.C3H6O3/c9-7(8(10)11)6-4-2-1-3-5-6;4-2-1-3(5)6/h1-5,7,9H,(H,10,11);4H,1-2H2,(H,5,6). The Hall–Kier alpha value is -1.92. The Morgan fingerprint density at radius 3 is 1.94 bits per heavy atom. The Kier molecular flexibility index (Phi) is 7.32. The van der Waals surface area contributed by atoms with Gasteiger partial charge in [0.1, 0.15) is 0 Å². The van der Waals surface area contributed by atoms with Crippen molar-refractivity contribution in [3.63, 3.8) is 0 Å². The molecule has 0 spiro atoms. The molecular formula is C11H14O6. The van der Waals surface area contributed by atoms with E-state index in [0.29, 0.717) is 5.56 Å². The number of carboxylic acid groups (broad SMARTS) is 2. The van der Waals surface area contributed by atoms with Gasteiger partial charge in [-0.25, -0.2) is 4.79 Å². The van der Waals surface area contributed by atoms with Crippen LogP contribution in [0.15, 0.2) is 30.3 Å². The number of hydrogen-bond acceptors (Lipinski definition) is 4. The Morgan fingerprint density at radius 2 is 1.65 bits per heavy atom. The molecule has 0 fully saturated rings. The molecule has 0 aliphatic heterocycles. The van der Waals surface area contributed by atoms with Crippen LogP contribution in [0.3, 0.4) is 0 Å². The van der Waals surface area contributed by atoms with Crippen LogP contribution in [-0.2, 0) is 9.59 Å². The van der Waals surface area contributed by atoms with Gasteiger partial charge in [-0.05, 0) is 5.56 Å². The van der Waals surface area contributed by atoms with Crippen LogP contribution >= 0.6 is 0 Å². The second-order valence-electron chi connectivity index (χ2n) is 3.02. The minimum atomic E-state index is -1.41. The summed E-state index contributed by atoms with van der Waals surface area (Å²) in [4.78, 5) is 19.7. The molecule has 0 radical (unpaired) electrons. The molecule has 0 aromatic heterocycles. The summed E-state index contributed by atoms with van der Waals surface area (Å²) in [6.07, 6.45) is -1.56. The van der Waals surface area contributed by atoms with Crippen molar-refractivity contribution in [2.75, 3.05) is 6.61 Å². The van der Waals surface area contributed by atoms with E-state index in [1.807, 2.05) is 0 Å². The molecular weight excluding hydrogens is 228 g/mol. The van der Waals surface area contributed by atoms with Gasteiger partial charge in [-0.1, -0.05) is 30.3 Å². The van der Waals surface area contributed by atoms with E-state index in [4.69, 9.17) is 20.4 Å². The van der Waals surface area contributed by atoms with E-state index < -0.39 is 18.0 Å². The summed E-state index contributed by atoms with van der Waals surface area (Å²) in [5, 5.41) is 33.0. The highest BCUT2D eigenvalue weighted by Gasteiger charge is 2.14. The van der Waals surface area contributed by atoms with Crippen molar-refractivity contribution in [2.45, 2.75) is 12.5 Å². The van der Waals surface area contributed by atoms with Crippen molar-refractivity contribution in [1.82, 2.24) is 0 Å². The summed E-state index contributed by atoms with van der Waals surface area (Å²) < 4.78 is 0. The molecule has 1 aromatic carbocycles. The van der Waals surface area contributed by atoms with Gasteiger partial charge in [-0.2, -0.15) is 0 Å². The molecule has 1 atom stereocenters. The number of hydrogen-bond donors (Lipinski definition) is 4. The maximum Gasteiger partial charge on any atom is 0.337 e. The molecule has 94 valence electrons. The zero-order valence-corrected chi connectivity index (χ0v) is 8.98. The molecule has 0 aliphatic carbocycles. The van der Waals surface area contributed by atoms with Crippen molar-refractivity contribution in [3.05, 3.63) is 35.9 Å². The highest BCUT2D eigenvalue weighted by atomic mass is 16.4. The molecule has 0 heterocycles. The van der Waals surface area contributed by atoms with Crippen LogP contribution < -0.4 is 0 Å². The van der Waals surface area contributed by atoms with Gasteiger partial charge in [0.05, 0.1) is 13.0 Å². The van der Waals surface area contributed by atoms with E-state index in [2.05, 4.69) is 0 Å². The monoisotopic (exact) mass is 242 g/mol. The first kappa shape index (κ1) is 15.1. The molecule has 0 aliphatic rings. The number of aliphatic carboxylic acids is 2. The Bertz CT molecular complexity index is 348. The summed E-state index contributed by atoms with van der Waals surface area (Å²) in [6.45, 7) is -0.269. The first-order valence-corrected chi connectivity index (χ1v) is 4.77. The fourth-order valence-corrected chi connectivity index (χ4v) is 0.874. The van der Waals surface area contributed by atoms with Gasteiger partial charge >= 0.3 is 11.9 Å². The average molecular weight is 242 g/mol. The molecule has 0 amide bonds. The summed E-state index contributed by atoms with van der Waals surface area (Å²) in [5.74, 6) is -2.19. The summed E-state index contributed by atoms with van der Waals surface area (Å²) in [6, 6.07) is 8.26. The fourth-order valence-electron chi connectivity index (χ4n) is 0.874. The lowest BCUT2D eigenvalue weighted by atomic mass is 10.1. The van der Waals surface area contributed by atoms with Gasteiger partial charge in [-0.3, -0.25) is 4.79 Å². The number of carboxylic acids is 2. The van der Waals surface area contributed by atoms with E-state index in [9.17, 15) is 9.59 Å². The van der Waals surface area contributed by atoms with E-state index in [1.165, 1.54) is 0 Å². The van der Waals surface area contributed by atoms with Gasteiger partial charge in [0.25, 0.3) is 0 Å². The first-order valence-electron chi connectivity index (χ1n) is 4.77. The highest BCUT2D eigenvalue weighted by Crippen LogP contribution is 2.10. The van der Waals surface area contributed by atoms with Crippen molar-refractivity contribution in [2.24, 2.45) is 0 Å². The van der Waals surface area contributed by atoms with Crippen LogP contribution in [0.2, 0.25) is 0 Å². The lowest BCUT2D eigenvalue weighted by molar-refractivity contribution is -0.147. The van der Waals surface area contributed by atoms with Crippen LogP contribution in [0.5, 0.6) is 0 Å². The number of aliphatic hydroxyl groups is 2. The number of aliphatic hydroxyl groups excluding tert-OH is 2. The number of carbonyl (C=O) groups is 2. The van der Waals surface area contributed by atoms with Crippen LogP contribution in [0.1, 0.15) is 18.1 Å². The normalized spacial score (nSPS) is 10.9. The second kappa shape index (κ2) is 8.26. The minimum Gasteiger partial charge on any atom is -0.481 e.